The summed E-state index contributed by atoms with van der Waals surface area (Å²) >= 11 is 1.44. The van der Waals surface area contributed by atoms with E-state index in [-0.39, 0.29) is 24.5 Å². The van der Waals surface area contributed by atoms with Crippen LogP contribution >= 0.6 is 11.3 Å². The molecule has 1 heterocycles. The van der Waals surface area contributed by atoms with Crippen LogP contribution in [0.4, 0.5) is 5.13 Å². The second-order valence-electron chi connectivity index (χ2n) is 4.88. The SMILES string of the molecule is CCNc1nc(C(=O)NC2CCCCC2CO)cs1. The van der Waals surface area contributed by atoms with Gasteiger partial charge in [0, 0.05) is 30.5 Å². The number of rotatable bonds is 5. The molecule has 2 atom stereocenters. The Balaban J connectivity index is 1.95. The average Bonchev–Trinajstić information content (AvgIpc) is 2.88. The zero-order chi connectivity index (χ0) is 13.7. The summed E-state index contributed by atoms with van der Waals surface area (Å²) in [5.74, 6) is 0.0512. The molecule has 5 nitrogen and oxygen atoms in total. The van der Waals surface area contributed by atoms with Gasteiger partial charge in [0.05, 0.1) is 0 Å². The second kappa shape index (κ2) is 6.86. The minimum Gasteiger partial charge on any atom is -0.396 e. The first-order chi connectivity index (χ1) is 9.24. The number of thiazole rings is 1. The van der Waals surface area contributed by atoms with Crippen molar-refractivity contribution in [3.05, 3.63) is 11.1 Å². The summed E-state index contributed by atoms with van der Waals surface area (Å²) in [6.45, 7) is 2.93. The van der Waals surface area contributed by atoms with Crippen molar-refractivity contribution in [2.75, 3.05) is 18.5 Å². The van der Waals surface area contributed by atoms with E-state index in [1.807, 2.05) is 6.92 Å². The molecule has 2 unspecified atom stereocenters. The molecule has 1 fully saturated rings. The first kappa shape index (κ1) is 14.3. The van der Waals surface area contributed by atoms with Crippen LogP contribution in [0.15, 0.2) is 5.38 Å². The molecule has 0 aliphatic heterocycles. The van der Waals surface area contributed by atoms with Crippen molar-refractivity contribution in [1.82, 2.24) is 10.3 Å². The highest BCUT2D eigenvalue weighted by atomic mass is 32.1. The number of carbonyl (C=O) groups excluding carboxylic acids is 1. The normalized spacial score (nSPS) is 23.1. The molecule has 0 bridgehead atoms. The Labute approximate surface area is 117 Å². The third-order valence-corrected chi connectivity index (χ3v) is 4.32. The molecule has 106 valence electrons. The molecule has 6 heteroatoms. The fourth-order valence-corrected chi connectivity index (χ4v) is 3.23. The molecule has 0 saturated heterocycles. The van der Waals surface area contributed by atoms with E-state index in [1.165, 1.54) is 11.3 Å². The van der Waals surface area contributed by atoms with Gasteiger partial charge < -0.3 is 15.7 Å². The average molecular weight is 283 g/mol. The number of nitrogens with zero attached hydrogens (tertiary/aromatic N) is 1. The van der Waals surface area contributed by atoms with Gasteiger partial charge in [0.25, 0.3) is 5.91 Å². The molecule has 1 aromatic heterocycles. The highest BCUT2D eigenvalue weighted by molar-refractivity contribution is 7.13. The third kappa shape index (κ3) is 3.67. The Bertz CT molecular complexity index is 422. The summed E-state index contributed by atoms with van der Waals surface area (Å²) in [7, 11) is 0. The molecule has 1 amide bonds. The summed E-state index contributed by atoms with van der Waals surface area (Å²) in [6.07, 6.45) is 4.18. The maximum atomic E-state index is 12.1. The van der Waals surface area contributed by atoms with Crippen LogP contribution in [0.2, 0.25) is 0 Å². The maximum Gasteiger partial charge on any atom is 0.271 e. The molecule has 1 aliphatic carbocycles. The first-order valence-electron chi connectivity index (χ1n) is 6.85. The van der Waals surface area contributed by atoms with Gasteiger partial charge in [-0.05, 0) is 19.8 Å². The summed E-state index contributed by atoms with van der Waals surface area (Å²) in [6, 6.07) is 0.0792. The van der Waals surface area contributed by atoms with Gasteiger partial charge in [0.1, 0.15) is 5.69 Å². The number of aliphatic hydroxyl groups excluding tert-OH is 1. The van der Waals surface area contributed by atoms with E-state index in [1.54, 1.807) is 5.38 Å². The lowest BCUT2D eigenvalue weighted by molar-refractivity contribution is 0.0868. The van der Waals surface area contributed by atoms with Crippen molar-refractivity contribution in [1.29, 1.82) is 0 Å². The van der Waals surface area contributed by atoms with Gasteiger partial charge in [0.15, 0.2) is 5.13 Å². The number of nitrogens with one attached hydrogen (secondary N) is 2. The Morgan fingerprint density at radius 2 is 2.32 bits per heavy atom. The Hall–Kier alpha value is -1.14. The number of hydrogen-bond acceptors (Lipinski definition) is 5. The lowest BCUT2D eigenvalue weighted by atomic mass is 9.85. The predicted molar refractivity (Wildman–Crippen MR) is 76.6 cm³/mol. The van der Waals surface area contributed by atoms with Crippen LogP contribution in [0.3, 0.4) is 0 Å². The molecule has 0 aromatic carbocycles. The van der Waals surface area contributed by atoms with Crippen LogP contribution in [0.5, 0.6) is 0 Å². The Morgan fingerprint density at radius 1 is 1.53 bits per heavy atom. The molecule has 1 saturated carbocycles. The van der Waals surface area contributed by atoms with Crippen LogP contribution in [0.1, 0.15) is 43.1 Å². The summed E-state index contributed by atoms with van der Waals surface area (Å²) in [4.78, 5) is 16.4. The van der Waals surface area contributed by atoms with Crippen molar-refractivity contribution in [3.8, 4) is 0 Å². The van der Waals surface area contributed by atoms with Gasteiger partial charge in [-0.15, -0.1) is 11.3 Å². The molecule has 19 heavy (non-hydrogen) atoms. The smallest absolute Gasteiger partial charge is 0.271 e. The quantitative estimate of drug-likeness (QED) is 0.771. The first-order valence-corrected chi connectivity index (χ1v) is 7.73. The van der Waals surface area contributed by atoms with E-state index in [2.05, 4.69) is 15.6 Å². The van der Waals surface area contributed by atoms with E-state index in [0.29, 0.717) is 5.69 Å². The number of aliphatic hydroxyl groups is 1. The molecule has 0 spiro atoms. The van der Waals surface area contributed by atoms with Crippen molar-refractivity contribution >= 4 is 22.4 Å². The number of hydrogen-bond donors (Lipinski definition) is 3. The summed E-state index contributed by atoms with van der Waals surface area (Å²) < 4.78 is 0. The molecule has 2 rings (SSSR count). The topological polar surface area (TPSA) is 74.2 Å². The van der Waals surface area contributed by atoms with Gasteiger partial charge >= 0.3 is 0 Å². The molecular formula is C13H21N3O2S. The summed E-state index contributed by atoms with van der Waals surface area (Å²) in [5, 5.41) is 18.0. The van der Waals surface area contributed by atoms with Gasteiger partial charge in [-0.3, -0.25) is 4.79 Å². The molecule has 1 aromatic rings. The number of carbonyl (C=O) groups is 1. The van der Waals surface area contributed by atoms with E-state index >= 15 is 0 Å². The van der Waals surface area contributed by atoms with Crippen molar-refractivity contribution < 1.29 is 9.90 Å². The molecule has 0 radical (unpaired) electrons. The minimum absolute atomic E-state index is 0.0792. The summed E-state index contributed by atoms with van der Waals surface area (Å²) in [5.41, 5.74) is 0.461. The lowest BCUT2D eigenvalue weighted by Crippen LogP contribution is -2.43. The van der Waals surface area contributed by atoms with Gasteiger partial charge in [-0.25, -0.2) is 4.98 Å². The van der Waals surface area contributed by atoms with Crippen molar-refractivity contribution in [3.63, 3.8) is 0 Å². The molecular weight excluding hydrogens is 262 g/mol. The van der Waals surface area contributed by atoms with E-state index in [9.17, 15) is 9.90 Å². The van der Waals surface area contributed by atoms with E-state index < -0.39 is 0 Å². The highest BCUT2D eigenvalue weighted by Crippen LogP contribution is 2.24. The maximum absolute atomic E-state index is 12.1. The number of amides is 1. The van der Waals surface area contributed by atoms with Crippen LogP contribution in [-0.4, -0.2) is 35.2 Å². The van der Waals surface area contributed by atoms with Gasteiger partial charge in [-0.1, -0.05) is 12.8 Å². The predicted octanol–water partition coefficient (Wildman–Crippen LogP) is 1.86. The minimum atomic E-state index is -0.134. The Kier molecular flexibility index (Phi) is 5.15. The second-order valence-corrected chi connectivity index (χ2v) is 5.73. The highest BCUT2D eigenvalue weighted by Gasteiger charge is 2.26. The number of anilines is 1. The van der Waals surface area contributed by atoms with Gasteiger partial charge in [-0.2, -0.15) is 0 Å². The fourth-order valence-electron chi connectivity index (χ4n) is 2.47. The van der Waals surface area contributed by atoms with Crippen molar-refractivity contribution in [2.24, 2.45) is 5.92 Å². The van der Waals surface area contributed by atoms with Crippen LogP contribution in [-0.2, 0) is 0 Å². The monoisotopic (exact) mass is 283 g/mol. The van der Waals surface area contributed by atoms with Crippen LogP contribution < -0.4 is 10.6 Å². The largest absolute Gasteiger partial charge is 0.396 e. The fraction of sp³-hybridized carbons (Fsp3) is 0.692. The zero-order valence-electron chi connectivity index (χ0n) is 11.2. The third-order valence-electron chi connectivity index (χ3n) is 3.52. The molecule has 3 N–H and O–H groups in total. The zero-order valence-corrected chi connectivity index (χ0v) is 12.0. The Morgan fingerprint density at radius 3 is 3.05 bits per heavy atom. The number of aromatic nitrogens is 1. The van der Waals surface area contributed by atoms with Crippen LogP contribution in [0, 0.1) is 5.92 Å². The van der Waals surface area contributed by atoms with Crippen LogP contribution in [0.25, 0.3) is 0 Å². The lowest BCUT2D eigenvalue weighted by Gasteiger charge is -2.30. The standard InChI is InChI=1S/C13H21N3O2S/c1-2-14-13-16-11(8-19-13)12(18)15-10-6-4-3-5-9(10)7-17/h8-10,17H,2-7H2,1H3,(H,14,16)(H,15,18). The van der Waals surface area contributed by atoms with E-state index in [0.717, 1.165) is 37.4 Å². The van der Waals surface area contributed by atoms with Crippen molar-refractivity contribution in [2.45, 2.75) is 38.6 Å². The van der Waals surface area contributed by atoms with Gasteiger partial charge in [0.2, 0.25) is 0 Å². The van der Waals surface area contributed by atoms with E-state index in [4.69, 9.17) is 0 Å². The molecule has 1 aliphatic rings.